The highest BCUT2D eigenvalue weighted by atomic mass is 35.5. The Morgan fingerprint density at radius 1 is 1.05 bits per heavy atom. The average molecular weight is 570 g/mol. The fourth-order valence-electron chi connectivity index (χ4n) is 4.11. The number of hydrogen-bond donors (Lipinski definition) is 2. The lowest BCUT2D eigenvalue weighted by Crippen LogP contribution is -2.32. The summed E-state index contributed by atoms with van der Waals surface area (Å²) in [6.45, 7) is 2.54. The maximum atomic E-state index is 12.5. The Morgan fingerprint density at radius 3 is 2.62 bits per heavy atom. The second kappa shape index (κ2) is 13.3. The number of halogens is 1. The van der Waals surface area contributed by atoms with Gasteiger partial charge >= 0.3 is 17.8 Å². The van der Waals surface area contributed by atoms with E-state index in [0.29, 0.717) is 39.3 Å². The van der Waals surface area contributed by atoms with E-state index in [-0.39, 0.29) is 6.61 Å². The number of anilines is 1. The summed E-state index contributed by atoms with van der Waals surface area (Å²) in [7, 11) is 1.29. The summed E-state index contributed by atoms with van der Waals surface area (Å²) >= 11 is 7.51. The third kappa shape index (κ3) is 6.96. The summed E-state index contributed by atoms with van der Waals surface area (Å²) < 4.78 is 16.5. The highest BCUT2D eigenvalue weighted by Crippen LogP contribution is 2.38. The van der Waals surface area contributed by atoms with Gasteiger partial charge in [-0.3, -0.25) is 9.59 Å². The number of fused-ring (bicyclic) bond motifs is 1. The SMILES string of the molecule is CCOc1cc(/C=N/NC(=O)C(=O)Nc2sc3c(c2C(=O)OC)CCCC3)ccc1OCc1ccccc1Cl. The van der Waals surface area contributed by atoms with E-state index in [1.54, 1.807) is 24.3 Å². The summed E-state index contributed by atoms with van der Waals surface area (Å²) in [6, 6.07) is 12.6. The number of methoxy groups -OCH3 is 1. The van der Waals surface area contributed by atoms with Gasteiger partial charge in [-0.15, -0.1) is 11.3 Å². The lowest BCUT2D eigenvalue weighted by Gasteiger charge is -2.13. The number of carbonyl (C=O) groups excluding carboxylic acids is 3. The quantitative estimate of drug-likeness (QED) is 0.160. The monoisotopic (exact) mass is 569 g/mol. The maximum Gasteiger partial charge on any atom is 0.341 e. The van der Waals surface area contributed by atoms with Crippen LogP contribution >= 0.6 is 22.9 Å². The Balaban J connectivity index is 1.39. The largest absolute Gasteiger partial charge is 0.490 e. The van der Waals surface area contributed by atoms with Crippen LogP contribution in [0.5, 0.6) is 11.5 Å². The van der Waals surface area contributed by atoms with Gasteiger partial charge < -0.3 is 19.5 Å². The van der Waals surface area contributed by atoms with Crippen molar-refractivity contribution in [2.45, 2.75) is 39.2 Å². The van der Waals surface area contributed by atoms with E-state index >= 15 is 0 Å². The molecule has 0 aliphatic heterocycles. The second-order valence-electron chi connectivity index (χ2n) is 8.58. The molecule has 39 heavy (non-hydrogen) atoms. The maximum absolute atomic E-state index is 12.5. The molecule has 0 saturated heterocycles. The first kappa shape index (κ1) is 28.1. The Morgan fingerprint density at radius 2 is 1.85 bits per heavy atom. The van der Waals surface area contributed by atoms with Crippen LogP contribution in [0.15, 0.2) is 47.6 Å². The number of aryl methyl sites for hydroxylation is 1. The molecule has 11 heteroatoms. The Labute approximate surface area is 235 Å². The van der Waals surface area contributed by atoms with Crippen molar-refractivity contribution in [3.63, 3.8) is 0 Å². The Bertz CT molecular complexity index is 1400. The van der Waals surface area contributed by atoms with E-state index in [2.05, 4.69) is 15.8 Å². The number of benzene rings is 2. The Hall–Kier alpha value is -3.89. The molecule has 1 aliphatic rings. The van der Waals surface area contributed by atoms with Crippen molar-refractivity contribution in [3.05, 3.63) is 74.6 Å². The molecule has 3 aromatic rings. The van der Waals surface area contributed by atoms with Crippen LogP contribution in [0.4, 0.5) is 5.00 Å². The molecule has 0 fully saturated rings. The molecule has 1 heterocycles. The number of carbonyl (C=O) groups is 3. The molecule has 9 nitrogen and oxygen atoms in total. The van der Waals surface area contributed by atoms with Gasteiger partial charge in [0.05, 0.1) is 25.5 Å². The molecule has 0 radical (unpaired) electrons. The predicted molar refractivity (Wildman–Crippen MR) is 150 cm³/mol. The van der Waals surface area contributed by atoms with Crippen LogP contribution in [-0.4, -0.2) is 37.7 Å². The van der Waals surface area contributed by atoms with Gasteiger partial charge in [0.1, 0.15) is 11.6 Å². The van der Waals surface area contributed by atoms with Crippen molar-refractivity contribution in [2.24, 2.45) is 5.10 Å². The molecule has 2 amide bonds. The van der Waals surface area contributed by atoms with Gasteiger partial charge in [-0.2, -0.15) is 5.10 Å². The molecule has 0 bridgehead atoms. The smallest absolute Gasteiger partial charge is 0.341 e. The summed E-state index contributed by atoms with van der Waals surface area (Å²) in [5, 5.41) is 7.36. The van der Waals surface area contributed by atoms with E-state index in [4.69, 9.17) is 25.8 Å². The lowest BCUT2D eigenvalue weighted by atomic mass is 9.95. The summed E-state index contributed by atoms with van der Waals surface area (Å²) in [5.41, 5.74) is 4.88. The van der Waals surface area contributed by atoms with E-state index < -0.39 is 17.8 Å². The lowest BCUT2D eigenvalue weighted by molar-refractivity contribution is -0.136. The zero-order valence-electron chi connectivity index (χ0n) is 21.5. The number of rotatable bonds is 9. The third-order valence-electron chi connectivity index (χ3n) is 5.98. The van der Waals surface area contributed by atoms with E-state index in [1.807, 2.05) is 25.1 Å². The second-order valence-corrected chi connectivity index (χ2v) is 10.1. The summed E-state index contributed by atoms with van der Waals surface area (Å²) in [4.78, 5) is 38.3. The summed E-state index contributed by atoms with van der Waals surface area (Å²) in [5.74, 6) is -1.42. The van der Waals surface area contributed by atoms with Crippen LogP contribution in [0.2, 0.25) is 5.02 Å². The predicted octanol–water partition coefficient (Wildman–Crippen LogP) is 5.13. The molecule has 0 atom stereocenters. The molecule has 4 rings (SSSR count). The number of hydrogen-bond acceptors (Lipinski definition) is 8. The van der Waals surface area contributed by atoms with Crippen LogP contribution in [0, 0.1) is 0 Å². The zero-order chi connectivity index (χ0) is 27.8. The highest BCUT2D eigenvalue weighted by Gasteiger charge is 2.28. The molecule has 0 spiro atoms. The first-order valence-electron chi connectivity index (χ1n) is 12.4. The van der Waals surface area contributed by atoms with E-state index in [1.165, 1.54) is 24.7 Å². The number of nitrogens with one attached hydrogen (secondary N) is 2. The van der Waals surface area contributed by atoms with Crippen molar-refractivity contribution in [1.82, 2.24) is 5.43 Å². The van der Waals surface area contributed by atoms with Gasteiger partial charge in [0.2, 0.25) is 0 Å². The fraction of sp³-hybridized carbons (Fsp3) is 0.286. The highest BCUT2D eigenvalue weighted by molar-refractivity contribution is 7.17. The van der Waals surface area contributed by atoms with Crippen LogP contribution in [0.25, 0.3) is 0 Å². The number of thiophene rings is 1. The minimum Gasteiger partial charge on any atom is -0.490 e. The number of hydrazone groups is 1. The summed E-state index contributed by atoms with van der Waals surface area (Å²) in [6.07, 6.45) is 4.90. The van der Waals surface area contributed by atoms with Crippen LogP contribution in [0.3, 0.4) is 0 Å². The van der Waals surface area contributed by atoms with Gasteiger partial charge in [-0.25, -0.2) is 10.2 Å². The minimum absolute atomic E-state index is 0.267. The van der Waals surface area contributed by atoms with Crippen molar-refractivity contribution in [2.75, 3.05) is 19.0 Å². The van der Waals surface area contributed by atoms with Gasteiger partial charge in [-0.1, -0.05) is 29.8 Å². The first-order valence-corrected chi connectivity index (χ1v) is 13.6. The molecular formula is C28H28ClN3O6S. The zero-order valence-corrected chi connectivity index (χ0v) is 23.1. The van der Waals surface area contributed by atoms with Crippen molar-refractivity contribution >= 4 is 51.9 Å². The number of nitrogens with zero attached hydrogens (tertiary/aromatic N) is 1. The molecular weight excluding hydrogens is 542 g/mol. The minimum atomic E-state index is -0.974. The molecule has 2 aromatic carbocycles. The van der Waals surface area contributed by atoms with Crippen molar-refractivity contribution in [3.8, 4) is 11.5 Å². The van der Waals surface area contributed by atoms with E-state index in [9.17, 15) is 14.4 Å². The van der Waals surface area contributed by atoms with Gasteiger partial charge in [-0.05, 0) is 68.0 Å². The molecule has 1 aliphatic carbocycles. The molecule has 0 unspecified atom stereocenters. The fourth-order valence-corrected chi connectivity index (χ4v) is 5.57. The Kier molecular flexibility index (Phi) is 9.56. The van der Waals surface area contributed by atoms with Crippen LogP contribution < -0.4 is 20.2 Å². The van der Waals surface area contributed by atoms with Crippen LogP contribution in [0.1, 0.15) is 51.7 Å². The molecule has 2 N–H and O–H groups in total. The average Bonchev–Trinajstić information content (AvgIpc) is 3.30. The van der Waals surface area contributed by atoms with Gasteiger partial charge in [0, 0.05) is 15.5 Å². The van der Waals surface area contributed by atoms with E-state index in [0.717, 1.165) is 41.7 Å². The van der Waals surface area contributed by atoms with Gasteiger partial charge in [0.15, 0.2) is 11.5 Å². The standard InChI is InChI=1S/C28H28ClN3O6S/c1-3-37-22-14-17(12-13-21(22)38-16-18-8-4-6-10-20(18)29)15-30-32-26(34)25(33)31-27-24(28(35)36-2)19-9-5-7-11-23(19)39-27/h4,6,8,10,12-15H,3,5,7,9,11,16H2,1-2H3,(H,31,33)(H,32,34)/b30-15+. The van der Waals surface area contributed by atoms with Crippen molar-refractivity contribution < 1.29 is 28.6 Å². The van der Waals surface area contributed by atoms with Crippen LogP contribution in [-0.2, 0) is 33.8 Å². The molecule has 204 valence electrons. The topological polar surface area (TPSA) is 115 Å². The third-order valence-corrected chi connectivity index (χ3v) is 7.56. The van der Waals surface area contributed by atoms with Crippen molar-refractivity contribution in [1.29, 1.82) is 0 Å². The molecule has 0 saturated carbocycles. The van der Waals surface area contributed by atoms with Gasteiger partial charge in [0.25, 0.3) is 0 Å². The number of ether oxygens (including phenoxy) is 3. The normalized spacial score (nSPS) is 12.5. The first-order chi connectivity index (χ1) is 18.9. The number of esters is 1. The molecule has 1 aromatic heterocycles. The number of amides is 2.